The molecule has 9 heteroatoms. The first-order valence-electron chi connectivity index (χ1n) is 8.69. The highest BCUT2D eigenvalue weighted by molar-refractivity contribution is 7.98. The van der Waals surface area contributed by atoms with Gasteiger partial charge in [-0.15, -0.1) is 11.3 Å². The maximum atomic E-state index is 13.1. The van der Waals surface area contributed by atoms with E-state index in [0.29, 0.717) is 40.1 Å². The first-order chi connectivity index (χ1) is 13.5. The second kappa shape index (κ2) is 7.48. The molecule has 1 aromatic carbocycles. The van der Waals surface area contributed by atoms with Crippen LogP contribution in [0.25, 0.3) is 21.7 Å². The molecule has 4 aromatic rings. The van der Waals surface area contributed by atoms with Crippen LogP contribution in [0, 0.1) is 19.7 Å². The van der Waals surface area contributed by atoms with E-state index in [4.69, 9.17) is 9.51 Å². The average Bonchev–Trinajstić information content (AvgIpc) is 3.26. The van der Waals surface area contributed by atoms with Crippen LogP contribution >= 0.6 is 23.1 Å². The number of aryl methyl sites for hydroxylation is 2. The molecular formula is C19H17FN4O2S2. The fourth-order valence-electron chi connectivity index (χ4n) is 2.85. The van der Waals surface area contributed by atoms with Crippen LogP contribution in [-0.4, -0.2) is 19.7 Å². The van der Waals surface area contributed by atoms with Crippen LogP contribution < -0.4 is 5.56 Å². The van der Waals surface area contributed by atoms with Crippen molar-refractivity contribution in [1.82, 2.24) is 19.7 Å². The highest BCUT2D eigenvalue weighted by Gasteiger charge is 2.17. The van der Waals surface area contributed by atoms with Crippen LogP contribution in [0.15, 0.2) is 38.7 Å². The third-order valence-corrected chi connectivity index (χ3v) is 6.53. The van der Waals surface area contributed by atoms with Gasteiger partial charge in [-0.3, -0.25) is 9.36 Å². The fraction of sp³-hybridized carbons (Fsp3) is 0.263. The summed E-state index contributed by atoms with van der Waals surface area (Å²) in [4.78, 5) is 23.8. The highest BCUT2D eigenvalue weighted by atomic mass is 32.2. The largest absolute Gasteiger partial charge is 0.334 e. The molecule has 0 saturated carbocycles. The lowest BCUT2D eigenvalue weighted by Crippen LogP contribution is -2.22. The number of nitrogens with zero attached hydrogens (tertiary/aromatic N) is 4. The predicted molar refractivity (Wildman–Crippen MR) is 108 cm³/mol. The van der Waals surface area contributed by atoms with Gasteiger partial charge in [-0.2, -0.15) is 4.98 Å². The van der Waals surface area contributed by atoms with Gasteiger partial charge in [0.05, 0.1) is 11.1 Å². The Morgan fingerprint density at radius 2 is 1.96 bits per heavy atom. The van der Waals surface area contributed by atoms with Crippen LogP contribution in [0.4, 0.5) is 4.39 Å². The second-order valence-electron chi connectivity index (χ2n) is 6.22. The van der Waals surface area contributed by atoms with Gasteiger partial charge in [-0.1, -0.05) is 16.9 Å². The quantitative estimate of drug-likeness (QED) is 0.350. The van der Waals surface area contributed by atoms with Gasteiger partial charge in [0, 0.05) is 17.0 Å². The molecule has 0 radical (unpaired) electrons. The Labute approximate surface area is 168 Å². The van der Waals surface area contributed by atoms with E-state index >= 15 is 0 Å². The molecule has 6 nitrogen and oxygen atoms in total. The number of thioether (sulfide) groups is 1. The van der Waals surface area contributed by atoms with Crippen LogP contribution in [0.3, 0.4) is 0 Å². The summed E-state index contributed by atoms with van der Waals surface area (Å²) in [6, 6.07) is 5.87. The van der Waals surface area contributed by atoms with Crippen LogP contribution in [0.2, 0.25) is 0 Å². The van der Waals surface area contributed by atoms with Crippen LogP contribution in [0.5, 0.6) is 0 Å². The zero-order valence-corrected chi connectivity index (χ0v) is 17.2. The summed E-state index contributed by atoms with van der Waals surface area (Å²) in [5.41, 5.74) is 1.63. The summed E-state index contributed by atoms with van der Waals surface area (Å²) in [5.74, 6) is 0.903. The highest BCUT2D eigenvalue weighted by Crippen LogP contribution is 2.29. The normalized spacial score (nSPS) is 11.4. The van der Waals surface area contributed by atoms with Gasteiger partial charge in [-0.25, -0.2) is 9.37 Å². The summed E-state index contributed by atoms with van der Waals surface area (Å²) in [5, 5.41) is 5.31. The monoisotopic (exact) mass is 416 g/mol. The number of halogens is 1. The van der Waals surface area contributed by atoms with E-state index in [1.807, 2.05) is 20.8 Å². The molecule has 28 heavy (non-hydrogen) atoms. The van der Waals surface area contributed by atoms with E-state index in [1.54, 1.807) is 16.7 Å². The molecule has 0 aliphatic heterocycles. The van der Waals surface area contributed by atoms with Gasteiger partial charge in [0.15, 0.2) is 11.0 Å². The van der Waals surface area contributed by atoms with Gasteiger partial charge in [0.2, 0.25) is 0 Å². The molecule has 0 atom stereocenters. The van der Waals surface area contributed by atoms with Gasteiger partial charge in [-0.05, 0) is 50.6 Å². The first-order valence-corrected chi connectivity index (χ1v) is 10.5. The third kappa shape index (κ3) is 3.35. The average molecular weight is 417 g/mol. The molecule has 0 aliphatic rings. The Morgan fingerprint density at radius 3 is 2.68 bits per heavy atom. The minimum Gasteiger partial charge on any atom is -0.334 e. The molecular weight excluding hydrogens is 399 g/mol. The van der Waals surface area contributed by atoms with Crippen molar-refractivity contribution in [3.05, 3.63) is 56.7 Å². The van der Waals surface area contributed by atoms with E-state index in [1.165, 1.54) is 35.2 Å². The van der Waals surface area contributed by atoms with E-state index in [-0.39, 0.29) is 11.4 Å². The van der Waals surface area contributed by atoms with Gasteiger partial charge < -0.3 is 4.52 Å². The number of hydrogen-bond acceptors (Lipinski definition) is 7. The Hall–Kier alpha value is -2.52. The molecule has 0 aliphatic carbocycles. The molecule has 0 N–H and O–H groups in total. The molecule has 0 amide bonds. The third-order valence-electron chi connectivity index (χ3n) is 4.46. The molecule has 3 aromatic heterocycles. The van der Waals surface area contributed by atoms with Crippen LogP contribution in [0.1, 0.15) is 23.2 Å². The number of hydrogen-bond donors (Lipinski definition) is 0. The maximum absolute atomic E-state index is 13.1. The van der Waals surface area contributed by atoms with Gasteiger partial charge >= 0.3 is 0 Å². The molecule has 0 unspecified atom stereocenters. The van der Waals surface area contributed by atoms with Crippen molar-refractivity contribution < 1.29 is 8.91 Å². The lowest BCUT2D eigenvalue weighted by Gasteiger charge is -2.08. The lowest BCUT2D eigenvalue weighted by atomic mass is 10.2. The molecule has 0 spiro atoms. The maximum Gasteiger partial charge on any atom is 0.263 e. The summed E-state index contributed by atoms with van der Waals surface area (Å²) < 4.78 is 20.0. The van der Waals surface area contributed by atoms with Crippen LogP contribution in [-0.2, 0) is 12.3 Å². The summed E-state index contributed by atoms with van der Waals surface area (Å²) in [6.07, 6.45) is 0. The van der Waals surface area contributed by atoms with E-state index < -0.39 is 0 Å². The lowest BCUT2D eigenvalue weighted by molar-refractivity contribution is 0.425. The zero-order chi connectivity index (χ0) is 19.8. The summed E-state index contributed by atoms with van der Waals surface area (Å²) in [7, 11) is 0. The minimum absolute atomic E-state index is 0.0167. The smallest absolute Gasteiger partial charge is 0.263 e. The summed E-state index contributed by atoms with van der Waals surface area (Å²) >= 11 is 2.93. The van der Waals surface area contributed by atoms with Crippen molar-refractivity contribution >= 4 is 33.3 Å². The number of benzene rings is 1. The predicted octanol–water partition coefficient (Wildman–Crippen LogP) is 4.58. The molecule has 0 fully saturated rings. The summed E-state index contributed by atoms with van der Waals surface area (Å²) in [6.45, 7) is 6.42. The van der Waals surface area contributed by atoms with Crippen molar-refractivity contribution in [2.45, 2.75) is 38.2 Å². The Kier molecular flexibility index (Phi) is 5.03. The molecule has 0 saturated heterocycles. The minimum atomic E-state index is -0.322. The van der Waals surface area contributed by atoms with Crippen molar-refractivity contribution in [1.29, 1.82) is 0 Å². The molecule has 4 rings (SSSR count). The first kappa shape index (κ1) is 18.8. The second-order valence-corrected chi connectivity index (χ2v) is 8.36. The van der Waals surface area contributed by atoms with Crippen molar-refractivity contribution in [2.75, 3.05) is 0 Å². The Morgan fingerprint density at radius 1 is 1.21 bits per heavy atom. The number of aromatic nitrogens is 4. The van der Waals surface area contributed by atoms with Gasteiger partial charge in [0.25, 0.3) is 11.4 Å². The standard InChI is InChI=1S/C19H17FN4O2S2/c1-4-24-18(25)15-10(2)11(3)28-17(15)22-19(24)27-9-14-21-16(26-23-14)12-5-7-13(20)8-6-12/h5-8H,4,9H2,1-3H3. The number of rotatable bonds is 5. The van der Waals surface area contributed by atoms with E-state index in [0.717, 1.165) is 15.3 Å². The Balaban J connectivity index is 1.61. The SMILES string of the molecule is CCn1c(SCc2noc(-c3ccc(F)cc3)n2)nc2sc(C)c(C)c2c1=O. The fourth-order valence-corrected chi connectivity index (χ4v) is 4.83. The molecule has 3 heterocycles. The zero-order valence-electron chi connectivity index (χ0n) is 15.5. The molecule has 144 valence electrons. The number of fused-ring (bicyclic) bond motifs is 1. The van der Waals surface area contributed by atoms with Crippen molar-refractivity contribution in [2.24, 2.45) is 0 Å². The van der Waals surface area contributed by atoms with Crippen molar-refractivity contribution in [3.8, 4) is 11.5 Å². The van der Waals surface area contributed by atoms with E-state index in [9.17, 15) is 9.18 Å². The van der Waals surface area contributed by atoms with Gasteiger partial charge in [0.1, 0.15) is 10.6 Å². The molecule has 0 bridgehead atoms. The van der Waals surface area contributed by atoms with Crippen molar-refractivity contribution in [3.63, 3.8) is 0 Å². The topological polar surface area (TPSA) is 73.8 Å². The number of thiophene rings is 1. The van der Waals surface area contributed by atoms with E-state index in [2.05, 4.69) is 10.1 Å². The Bertz CT molecular complexity index is 1210.